The standard InChI is InChI=1S/C25H23N/c1-25(2,3)21-14-15-26-24(17-21)20-11-6-10-19(16-20)23-13-7-9-18-8-4-5-12-22(18)23/h4-17H,1-3H3. The number of nitrogens with zero attached hydrogens (tertiary/aromatic N) is 1. The van der Waals surface area contributed by atoms with Gasteiger partial charge in [-0.25, -0.2) is 0 Å². The molecular formula is C25H23N. The van der Waals surface area contributed by atoms with Gasteiger partial charge in [-0.15, -0.1) is 0 Å². The van der Waals surface area contributed by atoms with E-state index < -0.39 is 0 Å². The molecule has 0 radical (unpaired) electrons. The Morgan fingerprint density at radius 3 is 2.27 bits per heavy atom. The van der Waals surface area contributed by atoms with Gasteiger partial charge in [0.05, 0.1) is 5.69 Å². The molecule has 1 aromatic heterocycles. The summed E-state index contributed by atoms with van der Waals surface area (Å²) in [5, 5.41) is 2.55. The first-order valence-corrected chi connectivity index (χ1v) is 9.07. The molecule has 0 spiro atoms. The molecule has 0 aliphatic carbocycles. The van der Waals surface area contributed by atoms with Gasteiger partial charge in [-0.05, 0) is 51.1 Å². The number of aromatic nitrogens is 1. The maximum absolute atomic E-state index is 4.62. The first-order chi connectivity index (χ1) is 12.5. The van der Waals surface area contributed by atoms with Crippen molar-refractivity contribution in [2.24, 2.45) is 0 Å². The second kappa shape index (κ2) is 6.42. The molecule has 0 unspecified atom stereocenters. The quantitative estimate of drug-likeness (QED) is 0.389. The van der Waals surface area contributed by atoms with E-state index in [1.165, 1.54) is 27.5 Å². The highest BCUT2D eigenvalue weighted by Gasteiger charge is 2.15. The molecule has 0 saturated carbocycles. The summed E-state index contributed by atoms with van der Waals surface area (Å²) in [6.45, 7) is 6.70. The fourth-order valence-electron chi connectivity index (χ4n) is 3.38. The Hall–Kier alpha value is -2.93. The molecule has 0 saturated heterocycles. The van der Waals surface area contributed by atoms with Gasteiger partial charge in [0.25, 0.3) is 0 Å². The Kier molecular flexibility index (Phi) is 4.08. The van der Waals surface area contributed by atoms with E-state index in [2.05, 4.69) is 105 Å². The Labute approximate surface area is 155 Å². The van der Waals surface area contributed by atoms with Gasteiger partial charge < -0.3 is 0 Å². The molecule has 0 fully saturated rings. The number of hydrogen-bond acceptors (Lipinski definition) is 1. The first-order valence-electron chi connectivity index (χ1n) is 9.07. The number of pyridine rings is 1. The highest BCUT2D eigenvalue weighted by atomic mass is 14.7. The molecule has 4 rings (SSSR count). The minimum absolute atomic E-state index is 0.116. The predicted octanol–water partition coefficient (Wildman–Crippen LogP) is 6.87. The molecule has 0 N–H and O–H groups in total. The van der Waals surface area contributed by atoms with E-state index in [0.717, 1.165) is 11.3 Å². The third kappa shape index (κ3) is 3.13. The number of fused-ring (bicyclic) bond motifs is 1. The van der Waals surface area contributed by atoms with Gasteiger partial charge in [0, 0.05) is 11.8 Å². The van der Waals surface area contributed by atoms with E-state index in [0.29, 0.717) is 0 Å². The smallest absolute Gasteiger partial charge is 0.0705 e. The van der Waals surface area contributed by atoms with Gasteiger partial charge in [0.15, 0.2) is 0 Å². The summed E-state index contributed by atoms with van der Waals surface area (Å²) in [4.78, 5) is 4.62. The predicted molar refractivity (Wildman–Crippen MR) is 111 cm³/mol. The molecule has 1 heterocycles. The summed E-state index contributed by atoms with van der Waals surface area (Å²) in [6, 6.07) is 28.0. The zero-order valence-corrected chi connectivity index (χ0v) is 15.5. The maximum atomic E-state index is 4.62. The summed E-state index contributed by atoms with van der Waals surface area (Å²) in [5.41, 5.74) is 6.09. The second-order valence-corrected chi connectivity index (χ2v) is 7.79. The van der Waals surface area contributed by atoms with Gasteiger partial charge in [0.1, 0.15) is 0 Å². The average molecular weight is 337 g/mol. The van der Waals surface area contributed by atoms with Crippen LogP contribution >= 0.6 is 0 Å². The van der Waals surface area contributed by atoms with E-state index >= 15 is 0 Å². The van der Waals surface area contributed by atoms with Crippen LogP contribution in [-0.4, -0.2) is 4.98 Å². The van der Waals surface area contributed by atoms with Gasteiger partial charge in [-0.1, -0.05) is 81.4 Å². The van der Waals surface area contributed by atoms with Gasteiger partial charge in [0.2, 0.25) is 0 Å². The van der Waals surface area contributed by atoms with Crippen molar-refractivity contribution < 1.29 is 0 Å². The summed E-state index contributed by atoms with van der Waals surface area (Å²) in [5.74, 6) is 0. The fraction of sp³-hybridized carbons (Fsp3) is 0.160. The molecule has 1 nitrogen and oxygen atoms in total. The van der Waals surface area contributed by atoms with Gasteiger partial charge in [-0.2, -0.15) is 0 Å². The molecule has 0 aliphatic heterocycles. The molecule has 4 aromatic rings. The molecule has 128 valence electrons. The van der Waals surface area contributed by atoms with Crippen molar-refractivity contribution in [3.63, 3.8) is 0 Å². The lowest BCUT2D eigenvalue weighted by Gasteiger charge is -2.19. The number of rotatable bonds is 2. The van der Waals surface area contributed by atoms with Crippen molar-refractivity contribution in [2.45, 2.75) is 26.2 Å². The third-order valence-electron chi connectivity index (χ3n) is 4.88. The van der Waals surface area contributed by atoms with E-state index in [-0.39, 0.29) is 5.41 Å². The van der Waals surface area contributed by atoms with Crippen molar-refractivity contribution in [1.82, 2.24) is 4.98 Å². The molecule has 0 bridgehead atoms. The van der Waals surface area contributed by atoms with Crippen LogP contribution in [0.5, 0.6) is 0 Å². The van der Waals surface area contributed by atoms with Gasteiger partial charge in [-0.3, -0.25) is 4.98 Å². The van der Waals surface area contributed by atoms with Crippen LogP contribution in [0.4, 0.5) is 0 Å². The summed E-state index contributed by atoms with van der Waals surface area (Å²) in [6.07, 6.45) is 1.92. The van der Waals surface area contributed by atoms with Crippen LogP contribution < -0.4 is 0 Å². The Morgan fingerprint density at radius 1 is 0.692 bits per heavy atom. The minimum Gasteiger partial charge on any atom is -0.256 e. The Bertz CT molecular complexity index is 1070. The van der Waals surface area contributed by atoms with Gasteiger partial charge >= 0.3 is 0 Å². The summed E-state index contributed by atoms with van der Waals surface area (Å²) >= 11 is 0. The highest BCUT2D eigenvalue weighted by Crippen LogP contribution is 2.32. The molecule has 1 heteroatoms. The van der Waals surface area contributed by atoms with Crippen molar-refractivity contribution in [2.75, 3.05) is 0 Å². The molecule has 0 amide bonds. The second-order valence-electron chi connectivity index (χ2n) is 7.79. The monoisotopic (exact) mass is 337 g/mol. The number of hydrogen-bond donors (Lipinski definition) is 0. The highest BCUT2D eigenvalue weighted by molar-refractivity contribution is 5.97. The molecule has 0 aliphatic rings. The van der Waals surface area contributed by atoms with Crippen molar-refractivity contribution >= 4 is 10.8 Å². The maximum Gasteiger partial charge on any atom is 0.0705 e. The topological polar surface area (TPSA) is 12.9 Å². The van der Waals surface area contributed by atoms with E-state index in [1.54, 1.807) is 0 Å². The molecule has 26 heavy (non-hydrogen) atoms. The lowest BCUT2D eigenvalue weighted by Crippen LogP contribution is -2.11. The van der Waals surface area contributed by atoms with Crippen LogP contribution in [0.2, 0.25) is 0 Å². The van der Waals surface area contributed by atoms with E-state index in [1.807, 2.05) is 6.20 Å². The molecular weight excluding hydrogens is 314 g/mol. The van der Waals surface area contributed by atoms with Crippen molar-refractivity contribution in [3.05, 3.63) is 90.6 Å². The third-order valence-corrected chi connectivity index (χ3v) is 4.88. The van der Waals surface area contributed by atoms with Crippen LogP contribution in [0.15, 0.2) is 85.1 Å². The van der Waals surface area contributed by atoms with Crippen LogP contribution in [0.25, 0.3) is 33.2 Å². The normalized spacial score (nSPS) is 11.7. The lowest BCUT2D eigenvalue weighted by molar-refractivity contribution is 0.589. The summed E-state index contributed by atoms with van der Waals surface area (Å²) < 4.78 is 0. The SMILES string of the molecule is CC(C)(C)c1ccnc(-c2cccc(-c3cccc4ccccc34)c2)c1. The van der Waals surface area contributed by atoms with Crippen LogP contribution in [0.3, 0.4) is 0 Å². The first kappa shape index (κ1) is 16.5. The Morgan fingerprint density at radius 2 is 1.42 bits per heavy atom. The summed E-state index contributed by atoms with van der Waals surface area (Å²) in [7, 11) is 0. The number of benzene rings is 3. The van der Waals surface area contributed by atoms with E-state index in [4.69, 9.17) is 0 Å². The van der Waals surface area contributed by atoms with Crippen LogP contribution in [0.1, 0.15) is 26.3 Å². The minimum atomic E-state index is 0.116. The van der Waals surface area contributed by atoms with Crippen LogP contribution in [-0.2, 0) is 5.41 Å². The fourth-order valence-corrected chi connectivity index (χ4v) is 3.38. The van der Waals surface area contributed by atoms with Crippen molar-refractivity contribution in [3.8, 4) is 22.4 Å². The Balaban J connectivity index is 1.83. The van der Waals surface area contributed by atoms with E-state index in [9.17, 15) is 0 Å². The average Bonchev–Trinajstić information content (AvgIpc) is 2.67. The zero-order valence-electron chi connectivity index (χ0n) is 15.5. The molecule has 0 atom stereocenters. The molecule has 3 aromatic carbocycles. The lowest BCUT2D eigenvalue weighted by atomic mass is 9.87. The van der Waals surface area contributed by atoms with Crippen molar-refractivity contribution in [1.29, 1.82) is 0 Å². The zero-order chi connectivity index (χ0) is 18.1. The van der Waals surface area contributed by atoms with Crippen LogP contribution in [0, 0.1) is 0 Å². The largest absolute Gasteiger partial charge is 0.256 e.